The van der Waals surface area contributed by atoms with Crippen molar-refractivity contribution in [2.75, 3.05) is 0 Å². The highest BCUT2D eigenvalue weighted by molar-refractivity contribution is 5.69. The lowest BCUT2D eigenvalue weighted by molar-refractivity contribution is -0.150. The van der Waals surface area contributed by atoms with E-state index in [2.05, 4.69) is 13.8 Å². The summed E-state index contributed by atoms with van der Waals surface area (Å²) >= 11 is 0. The second kappa shape index (κ2) is 31.5. The smallest absolute Gasteiger partial charge is 0.306 e. The number of carboxylic acid groups (broad SMARTS) is 1. The fourth-order valence-corrected chi connectivity index (χ4v) is 5.48. The third kappa shape index (κ3) is 31.3. The monoisotopic (exact) mass is 553 g/mol. The summed E-state index contributed by atoms with van der Waals surface area (Å²) in [6, 6.07) is 0. The highest BCUT2D eigenvalue weighted by Crippen LogP contribution is 2.19. The molecule has 0 aliphatic rings. The number of ether oxygens (including phenoxy) is 1. The topological polar surface area (TPSA) is 63.6 Å². The van der Waals surface area contributed by atoms with Gasteiger partial charge in [-0.25, -0.2) is 0 Å². The summed E-state index contributed by atoms with van der Waals surface area (Å²) in [7, 11) is 0. The van der Waals surface area contributed by atoms with Gasteiger partial charge in [0.25, 0.3) is 0 Å². The summed E-state index contributed by atoms with van der Waals surface area (Å²) in [6.07, 6.45) is 35.4. The summed E-state index contributed by atoms with van der Waals surface area (Å²) in [5.74, 6) is -0.694. The SMILES string of the molecule is CCCCCCCCCCCCCCC(=O)OC(CCCCCCCCCCC)CCCCCCCC(=O)O. The molecular weight excluding hydrogens is 484 g/mol. The zero-order chi connectivity index (χ0) is 28.7. The molecule has 4 heteroatoms. The first-order valence-corrected chi connectivity index (χ1v) is 17.5. The molecule has 0 radical (unpaired) electrons. The van der Waals surface area contributed by atoms with E-state index in [0.717, 1.165) is 64.2 Å². The maximum absolute atomic E-state index is 12.6. The molecule has 0 aliphatic heterocycles. The average Bonchev–Trinajstić information content (AvgIpc) is 2.91. The molecule has 0 fully saturated rings. The van der Waals surface area contributed by atoms with Gasteiger partial charge in [0.05, 0.1) is 0 Å². The van der Waals surface area contributed by atoms with Crippen LogP contribution in [0.2, 0.25) is 0 Å². The van der Waals surface area contributed by atoms with Gasteiger partial charge in [0.15, 0.2) is 0 Å². The average molecular weight is 553 g/mol. The van der Waals surface area contributed by atoms with Gasteiger partial charge < -0.3 is 9.84 Å². The van der Waals surface area contributed by atoms with E-state index in [1.807, 2.05) is 0 Å². The predicted molar refractivity (Wildman–Crippen MR) is 167 cm³/mol. The van der Waals surface area contributed by atoms with E-state index in [1.165, 1.54) is 116 Å². The number of carbonyl (C=O) groups excluding carboxylic acids is 1. The van der Waals surface area contributed by atoms with Crippen LogP contribution in [-0.2, 0) is 14.3 Å². The van der Waals surface area contributed by atoms with Crippen molar-refractivity contribution in [3.63, 3.8) is 0 Å². The van der Waals surface area contributed by atoms with Crippen LogP contribution in [0.1, 0.15) is 206 Å². The van der Waals surface area contributed by atoms with Crippen LogP contribution in [0.5, 0.6) is 0 Å². The van der Waals surface area contributed by atoms with E-state index in [1.54, 1.807) is 0 Å². The number of carboxylic acids is 1. The molecule has 0 aromatic rings. The fourth-order valence-electron chi connectivity index (χ4n) is 5.48. The van der Waals surface area contributed by atoms with Crippen molar-refractivity contribution in [1.29, 1.82) is 0 Å². The van der Waals surface area contributed by atoms with Crippen molar-refractivity contribution in [3.05, 3.63) is 0 Å². The van der Waals surface area contributed by atoms with E-state index >= 15 is 0 Å². The van der Waals surface area contributed by atoms with Crippen molar-refractivity contribution in [2.45, 2.75) is 213 Å². The van der Waals surface area contributed by atoms with Crippen LogP contribution in [0, 0.1) is 0 Å². The molecule has 4 nitrogen and oxygen atoms in total. The van der Waals surface area contributed by atoms with Crippen LogP contribution < -0.4 is 0 Å². The van der Waals surface area contributed by atoms with Crippen molar-refractivity contribution >= 4 is 11.9 Å². The van der Waals surface area contributed by atoms with E-state index in [-0.39, 0.29) is 18.5 Å². The summed E-state index contributed by atoms with van der Waals surface area (Å²) < 4.78 is 5.96. The number of unbranched alkanes of at least 4 members (excludes halogenated alkanes) is 23. The van der Waals surface area contributed by atoms with Gasteiger partial charge in [-0.3, -0.25) is 9.59 Å². The molecule has 0 saturated heterocycles. The van der Waals surface area contributed by atoms with Gasteiger partial charge in [-0.2, -0.15) is 0 Å². The van der Waals surface area contributed by atoms with Gasteiger partial charge in [0.2, 0.25) is 0 Å². The van der Waals surface area contributed by atoms with Crippen LogP contribution in [0.3, 0.4) is 0 Å². The molecule has 1 unspecified atom stereocenters. The second-order valence-electron chi connectivity index (χ2n) is 12.1. The fraction of sp³-hybridized carbons (Fsp3) is 0.943. The molecule has 0 amide bonds. The summed E-state index contributed by atoms with van der Waals surface area (Å²) in [5, 5.41) is 8.77. The molecule has 0 saturated carbocycles. The Morgan fingerprint density at radius 1 is 0.462 bits per heavy atom. The van der Waals surface area contributed by atoms with E-state index < -0.39 is 5.97 Å². The number of aliphatic carboxylic acids is 1. The van der Waals surface area contributed by atoms with Gasteiger partial charge in [-0.05, 0) is 38.5 Å². The first-order chi connectivity index (χ1) is 19.1. The van der Waals surface area contributed by atoms with E-state index in [4.69, 9.17) is 9.84 Å². The molecule has 0 heterocycles. The van der Waals surface area contributed by atoms with Crippen LogP contribution in [0.15, 0.2) is 0 Å². The summed E-state index contributed by atoms with van der Waals surface area (Å²) in [4.78, 5) is 23.2. The maximum Gasteiger partial charge on any atom is 0.306 e. The lowest BCUT2D eigenvalue weighted by Crippen LogP contribution is -2.18. The van der Waals surface area contributed by atoms with Crippen LogP contribution in [0.4, 0.5) is 0 Å². The van der Waals surface area contributed by atoms with Gasteiger partial charge in [-0.1, -0.05) is 155 Å². The first kappa shape index (κ1) is 37.9. The molecule has 0 aromatic carbocycles. The summed E-state index contributed by atoms with van der Waals surface area (Å²) in [5.41, 5.74) is 0. The highest BCUT2D eigenvalue weighted by Gasteiger charge is 2.14. The Hall–Kier alpha value is -1.06. The van der Waals surface area contributed by atoms with E-state index in [9.17, 15) is 9.59 Å². The van der Waals surface area contributed by atoms with Crippen molar-refractivity contribution in [2.24, 2.45) is 0 Å². The molecule has 39 heavy (non-hydrogen) atoms. The molecule has 1 N–H and O–H groups in total. The van der Waals surface area contributed by atoms with Gasteiger partial charge >= 0.3 is 11.9 Å². The Balaban J connectivity index is 4.00. The van der Waals surface area contributed by atoms with Gasteiger partial charge in [-0.15, -0.1) is 0 Å². The molecule has 0 bridgehead atoms. The van der Waals surface area contributed by atoms with Crippen molar-refractivity contribution in [1.82, 2.24) is 0 Å². The number of carbonyl (C=O) groups is 2. The van der Waals surface area contributed by atoms with Crippen LogP contribution in [-0.4, -0.2) is 23.1 Å². The minimum Gasteiger partial charge on any atom is -0.481 e. The maximum atomic E-state index is 12.6. The minimum absolute atomic E-state index is 0.00413. The largest absolute Gasteiger partial charge is 0.481 e. The molecule has 0 aromatic heterocycles. The second-order valence-corrected chi connectivity index (χ2v) is 12.1. The van der Waals surface area contributed by atoms with Crippen LogP contribution >= 0.6 is 0 Å². The Bertz CT molecular complexity index is 519. The summed E-state index contributed by atoms with van der Waals surface area (Å²) in [6.45, 7) is 4.54. The zero-order valence-corrected chi connectivity index (χ0v) is 26.5. The number of rotatable bonds is 32. The Morgan fingerprint density at radius 2 is 0.769 bits per heavy atom. The Kier molecular flexibility index (Phi) is 30.6. The van der Waals surface area contributed by atoms with E-state index in [0.29, 0.717) is 6.42 Å². The lowest BCUT2D eigenvalue weighted by Gasteiger charge is -2.18. The van der Waals surface area contributed by atoms with Crippen molar-refractivity contribution in [3.8, 4) is 0 Å². The van der Waals surface area contributed by atoms with Gasteiger partial charge in [0.1, 0.15) is 6.10 Å². The lowest BCUT2D eigenvalue weighted by atomic mass is 10.0. The number of hydrogen-bond acceptors (Lipinski definition) is 3. The zero-order valence-electron chi connectivity index (χ0n) is 26.5. The standard InChI is InChI=1S/C35H68O4/c1-3-5-7-9-11-13-14-15-17-19-24-28-32-35(38)39-33(30-26-22-20-23-27-31-34(36)37)29-25-21-18-16-12-10-8-6-4-2/h33H,3-32H2,1-2H3,(H,36,37). The molecule has 0 aliphatic carbocycles. The highest BCUT2D eigenvalue weighted by atomic mass is 16.5. The minimum atomic E-state index is -0.698. The first-order valence-electron chi connectivity index (χ1n) is 17.5. The van der Waals surface area contributed by atoms with Crippen molar-refractivity contribution < 1.29 is 19.4 Å². The molecular formula is C35H68O4. The third-order valence-corrected chi connectivity index (χ3v) is 8.08. The molecule has 0 spiro atoms. The molecule has 232 valence electrons. The molecule has 1 atom stereocenters. The Labute approximate surface area is 243 Å². The Morgan fingerprint density at radius 3 is 1.13 bits per heavy atom. The predicted octanol–water partition coefficient (Wildman–Crippen LogP) is 11.7. The van der Waals surface area contributed by atoms with Crippen LogP contribution in [0.25, 0.3) is 0 Å². The quantitative estimate of drug-likeness (QED) is 0.0665. The third-order valence-electron chi connectivity index (χ3n) is 8.08. The normalized spacial score (nSPS) is 12.1. The molecule has 0 rings (SSSR count). The number of hydrogen-bond donors (Lipinski definition) is 1. The number of esters is 1. The van der Waals surface area contributed by atoms with Gasteiger partial charge in [0, 0.05) is 12.8 Å².